The van der Waals surface area contributed by atoms with Crippen molar-refractivity contribution in [1.82, 2.24) is 20.6 Å². The van der Waals surface area contributed by atoms with Gasteiger partial charge in [-0.25, -0.2) is 0 Å². The number of rotatable bonds is 4. The molecule has 0 saturated carbocycles. The van der Waals surface area contributed by atoms with E-state index in [1.807, 2.05) is 36.4 Å². The number of nitrogens with one attached hydrogen (secondary N) is 1. The molecule has 112 valence electrons. The lowest BCUT2D eigenvalue weighted by Gasteiger charge is -2.09. The fourth-order valence-electron chi connectivity index (χ4n) is 2.59. The van der Waals surface area contributed by atoms with Crippen LogP contribution in [0.3, 0.4) is 0 Å². The van der Waals surface area contributed by atoms with Gasteiger partial charge in [-0.1, -0.05) is 54.6 Å². The first-order chi connectivity index (χ1) is 11.4. The summed E-state index contributed by atoms with van der Waals surface area (Å²) < 4.78 is 5.95. The fourth-order valence-corrected chi connectivity index (χ4v) is 2.59. The molecule has 0 bridgehead atoms. The molecule has 4 aromatic rings. The van der Waals surface area contributed by atoms with E-state index in [9.17, 15) is 0 Å². The largest absolute Gasteiger partial charge is 0.489 e. The predicted molar refractivity (Wildman–Crippen MR) is 87.9 cm³/mol. The maximum Gasteiger partial charge on any atom is 0.204 e. The lowest BCUT2D eigenvalue weighted by atomic mass is 10.1. The second-order valence-corrected chi connectivity index (χ2v) is 5.19. The Bertz CT molecular complexity index is 929. The van der Waals surface area contributed by atoms with Crippen LogP contribution in [0.1, 0.15) is 5.56 Å². The maximum atomic E-state index is 5.95. The molecule has 0 atom stereocenters. The van der Waals surface area contributed by atoms with Gasteiger partial charge >= 0.3 is 0 Å². The fraction of sp³-hybridized carbons (Fsp3) is 0.0556. The summed E-state index contributed by atoms with van der Waals surface area (Å²) in [5, 5.41) is 16.4. The molecule has 5 heteroatoms. The highest BCUT2D eigenvalue weighted by Crippen LogP contribution is 2.23. The number of aromatic nitrogens is 4. The van der Waals surface area contributed by atoms with Crippen LogP contribution in [0.4, 0.5) is 0 Å². The molecule has 1 N–H and O–H groups in total. The third-order valence-electron chi connectivity index (χ3n) is 3.71. The zero-order chi connectivity index (χ0) is 15.5. The summed E-state index contributed by atoms with van der Waals surface area (Å²) in [7, 11) is 0. The van der Waals surface area contributed by atoms with Crippen molar-refractivity contribution in [3.05, 3.63) is 72.3 Å². The van der Waals surface area contributed by atoms with Gasteiger partial charge in [0.2, 0.25) is 5.82 Å². The summed E-state index contributed by atoms with van der Waals surface area (Å²) in [5.74, 6) is 1.33. The number of aromatic amines is 1. The normalized spacial score (nSPS) is 10.8. The highest BCUT2D eigenvalue weighted by Gasteiger charge is 2.05. The monoisotopic (exact) mass is 302 g/mol. The van der Waals surface area contributed by atoms with E-state index < -0.39 is 0 Å². The Balaban J connectivity index is 1.58. The van der Waals surface area contributed by atoms with Gasteiger partial charge in [-0.05, 0) is 33.7 Å². The van der Waals surface area contributed by atoms with Crippen molar-refractivity contribution in [3.63, 3.8) is 0 Å². The van der Waals surface area contributed by atoms with Gasteiger partial charge in [0.05, 0.1) is 0 Å². The van der Waals surface area contributed by atoms with Crippen LogP contribution < -0.4 is 4.74 Å². The van der Waals surface area contributed by atoms with Crippen molar-refractivity contribution < 1.29 is 4.74 Å². The number of hydrogen-bond acceptors (Lipinski definition) is 4. The summed E-state index contributed by atoms with van der Waals surface area (Å²) in [6.07, 6.45) is 0. The van der Waals surface area contributed by atoms with Gasteiger partial charge < -0.3 is 4.74 Å². The molecule has 0 saturated heterocycles. The lowest BCUT2D eigenvalue weighted by Crippen LogP contribution is -1.96. The number of ether oxygens (including phenoxy) is 1. The standard InChI is InChI=1S/C18H14N4O/c1-2-10-17-13(5-1)6-3-8-15(17)12-23-16-9-4-7-14(11-16)18-19-21-22-20-18/h1-11H,12H2,(H,19,20,21,22). The molecule has 0 fully saturated rings. The third-order valence-corrected chi connectivity index (χ3v) is 3.71. The van der Waals surface area contributed by atoms with Crippen LogP contribution in [0.2, 0.25) is 0 Å². The van der Waals surface area contributed by atoms with Crippen molar-refractivity contribution in [2.75, 3.05) is 0 Å². The number of benzene rings is 3. The molecule has 23 heavy (non-hydrogen) atoms. The molecule has 0 radical (unpaired) electrons. The molecule has 1 heterocycles. The average molecular weight is 302 g/mol. The van der Waals surface area contributed by atoms with Crippen molar-refractivity contribution in [1.29, 1.82) is 0 Å². The van der Waals surface area contributed by atoms with Crippen molar-refractivity contribution >= 4 is 10.8 Å². The zero-order valence-corrected chi connectivity index (χ0v) is 12.3. The third kappa shape index (κ3) is 2.76. The Hall–Kier alpha value is -3.21. The molecule has 0 spiro atoms. The van der Waals surface area contributed by atoms with E-state index in [1.54, 1.807) is 0 Å². The number of hydrogen-bond donors (Lipinski definition) is 1. The van der Waals surface area contributed by atoms with E-state index in [1.165, 1.54) is 10.8 Å². The van der Waals surface area contributed by atoms with E-state index in [0.29, 0.717) is 12.4 Å². The molecule has 3 aromatic carbocycles. The predicted octanol–water partition coefficient (Wildman–Crippen LogP) is 3.60. The zero-order valence-electron chi connectivity index (χ0n) is 12.3. The number of H-pyrrole nitrogens is 1. The average Bonchev–Trinajstić information content (AvgIpc) is 3.15. The van der Waals surface area contributed by atoms with E-state index in [4.69, 9.17) is 4.74 Å². The molecule has 4 rings (SSSR count). The van der Waals surface area contributed by atoms with Gasteiger partial charge in [-0.3, -0.25) is 0 Å². The molecule has 0 aliphatic carbocycles. The number of nitrogens with zero attached hydrogens (tertiary/aromatic N) is 3. The Kier molecular flexibility index (Phi) is 3.44. The first-order valence-electron chi connectivity index (χ1n) is 7.33. The summed E-state index contributed by atoms with van der Waals surface area (Å²) in [6, 6.07) is 22.2. The molecule has 0 amide bonds. The van der Waals surface area contributed by atoms with Crippen LogP contribution in [0.25, 0.3) is 22.2 Å². The minimum Gasteiger partial charge on any atom is -0.489 e. The van der Waals surface area contributed by atoms with Gasteiger partial charge in [0, 0.05) is 5.56 Å². The Morgan fingerprint density at radius 3 is 2.70 bits per heavy atom. The Labute approximate surface area is 132 Å². The minimum atomic E-state index is 0.511. The second kappa shape index (κ2) is 5.88. The second-order valence-electron chi connectivity index (χ2n) is 5.19. The van der Waals surface area contributed by atoms with Crippen LogP contribution in [0.5, 0.6) is 5.75 Å². The van der Waals surface area contributed by atoms with Gasteiger partial charge in [-0.15, -0.1) is 10.2 Å². The van der Waals surface area contributed by atoms with Crippen LogP contribution >= 0.6 is 0 Å². The summed E-state index contributed by atoms with van der Waals surface area (Å²) in [5.41, 5.74) is 2.03. The van der Waals surface area contributed by atoms with Gasteiger partial charge in [0.1, 0.15) is 12.4 Å². The van der Waals surface area contributed by atoms with Crippen LogP contribution in [-0.4, -0.2) is 20.6 Å². The van der Waals surface area contributed by atoms with Gasteiger partial charge in [0.25, 0.3) is 0 Å². The Morgan fingerprint density at radius 2 is 1.78 bits per heavy atom. The first-order valence-corrected chi connectivity index (χ1v) is 7.33. The molecule has 5 nitrogen and oxygen atoms in total. The summed E-state index contributed by atoms with van der Waals surface area (Å²) in [4.78, 5) is 0. The van der Waals surface area contributed by atoms with Crippen LogP contribution in [0.15, 0.2) is 66.7 Å². The van der Waals surface area contributed by atoms with Crippen molar-refractivity contribution in [2.24, 2.45) is 0 Å². The van der Waals surface area contributed by atoms with E-state index in [2.05, 4.69) is 51.0 Å². The highest BCUT2D eigenvalue weighted by molar-refractivity contribution is 5.85. The van der Waals surface area contributed by atoms with Gasteiger partial charge in [-0.2, -0.15) is 5.21 Å². The molecular formula is C18H14N4O. The maximum absolute atomic E-state index is 5.95. The quantitative estimate of drug-likeness (QED) is 0.625. The molecule has 0 aliphatic heterocycles. The van der Waals surface area contributed by atoms with E-state index in [-0.39, 0.29) is 0 Å². The number of tetrazole rings is 1. The Morgan fingerprint density at radius 1 is 0.913 bits per heavy atom. The summed E-state index contributed by atoms with van der Waals surface area (Å²) >= 11 is 0. The van der Waals surface area contributed by atoms with Crippen molar-refractivity contribution in [3.8, 4) is 17.1 Å². The molecular weight excluding hydrogens is 288 g/mol. The lowest BCUT2D eigenvalue weighted by molar-refractivity contribution is 0.308. The minimum absolute atomic E-state index is 0.511. The topological polar surface area (TPSA) is 63.7 Å². The first kappa shape index (κ1) is 13.5. The summed E-state index contributed by atoms with van der Waals surface area (Å²) in [6.45, 7) is 0.511. The molecule has 0 aliphatic rings. The number of fused-ring (bicyclic) bond motifs is 1. The highest BCUT2D eigenvalue weighted by atomic mass is 16.5. The van der Waals surface area contributed by atoms with E-state index >= 15 is 0 Å². The van der Waals surface area contributed by atoms with Gasteiger partial charge in [0.15, 0.2) is 0 Å². The molecule has 1 aromatic heterocycles. The van der Waals surface area contributed by atoms with E-state index in [0.717, 1.165) is 16.9 Å². The van der Waals surface area contributed by atoms with Crippen LogP contribution in [-0.2, 0) is 6.61 Å². The van der Waals surface area contributed by atoms with Crippen molar-refractivity contribution in [2.45, 2.75) is 6.61 Å². The smallest absolute Gasteiger partial charge is 0.204 e. The SMILES string of the molecule is c1cc(OCc2cccc3ccccc23)cc(-c2nn[nH]n2)c1. The molecule has 0 unspecified atom stereocenters. The van der Waals surface area contributed by atoms with Crippen LogP contribution in [0, 0.1) is 0 Å².